The second-order valence-electron chi connectivity index (χ2n) is 6.39. The molecule has 1 aliphatic heterocycles. The lowest BCUT2D eigenvalue weighted by Gasteiger charge is -2.14. The third-order valence-corrected chi connectivity index (χ3v) is 5.83. The van der Waals surface area contributed by atoms with E-state index in [4.69, 9.17) is 9.47 Å². The number of nitrogens with zero attached hydrogens (tertiary/aromatic N) is 2. The normalized spacial score (nSPS) is 15.1. The fourth-order valence-corrected chi connectivity index (χ4v) is 4.53. The summed E-state index contributed by atoms with van der Waals surface area (Å²) in [6.07, 6.45) is 0. The molecule has 0 saturated heterocycles. The number of ether oxygens (including phenoxy) is 2. The highest BCUT2D eigenvalue weighted by Gasteiger charge is 2.29. The summed E-state index contributed by atoms with van der Waals surface area (Å²) >= 11 is 0. The number of carbonyl (C=O) groups excluding carboxylic acids is 1. The highest BCUT2D eigenvalue weighted by Crippen LogP contribution is 2.34. The van der Waals surface area contributed by atoms with Crippen LogP contribution >= 0.6 is 0 Å². The molecule has 0 spiro atoms. The van der Waals surface area contributed by atoms with Gasteiger partial charge in [-0.3, -0.25) is 9.00 Å². The van der Waals surface area contributed by atoms with Crippen LogP contribution in [0.15, 0.2) is 42.5 Å². The lowest BCUT2D eigenvalue weighted by atomic mass is 10.1. The second kappa shape index (κ2) is 7.67. The highest BCUT2D eigenvalue weighted by molar-refractivity contribution is 7.83. The summed E-state index contributed by atoms with van der Waals surface area (Å²) in [5.41, 5.74) is 2.23. The number of para-hydroxylation sites is 1. The van der Waals surface area contributed by atoms with Crippen LogP contribution in [-0.4, -0.2) is 34.1 Å². The van der Waals surface area contributed by atoms with Gasteiger partial charge in [0.25, 0.3) is 5.91 Å². The van der Waals surface area contributed by atoms with Gasteiger partial charge in [0, 0.05) is 16.4 Å². The molecule has 1 aliphatic rings. The lowest BCUT2D eigenvalue weighted by Crippen LogP contribution is -2.17. The van der Waals surface area contributed by atoms with Gasteiger partial charge in [-0.25, -0.2) is 9.07 Å². The molecule has 29 heavy (non-hydrogen) atoms. The minimum atomic E-state index is -1.07. The van der Waals surface area contributed by atoms with Gasteiger partial charge in [0.1, 0.15) is 11.6 Å². The van der Waals surface area contributed by atoms with Gasteiger partial charge >= 0.3 is 0 Å². The summed E-state index contributed by atoms with van der Waals surface area (Å²) in [5, 5.41) is 7.36. The topological polar surface area (TPSA) is 82.5 Å². The fraction of sp³-hybridized carbons (Fsp3) is 0.200. The molecule has 1 amide bonds. The van der Waals surface area contributed by atoms with E-state index < -0.39 is 16.7 Å². The number of aromatic nitrogens is 2. The van der Waals surface area contributed by atoms with E-state index in [-0.39, 0.29) is 11.4 Å². The van der Waals surface area contributed by atoms with Crippen LogP contribution in [0.25, 0.3) is 5.69 Å². The van der Waals surface area contributed by atoms with Crippen LogP contribution in [0, 0.1) is 5.82 Å². The molecule has 2 heterocycles. The predicted octanol–water partition coefficient (Wildman–Crippen LogP) is 3.04. The van der Waals surface area contributed by atoms with E-state index in [2.05, 4.69) is 10.4 Å². The number of halogens is 1. The monoisotopic (exact) mass is 415 g/mol. The van der Waals surface area contributed by atoms with Crippen molar-refractivity contribution in [1.29, 1.82) is 0 Å². The third-order valence-electron chi connectivity index (χ3n) is 4.62. The predicted molar refractivity (Wildman–Crippen MR) is 107 cm³/mol. The molecule has 0 saturated carbocycles. The van der Waals surface area contributed by atoms with Gasteiger partial charge in [-0.1, -0.05) is 6.07 Å². The molecule has 9 heteroatoms. The first-order chi connectivity index (χ1) is 14.0. The van der Waals surface area contributed by atoms with Crippen LogP contribution in [0.1, 0.15) is 21.6 Å². The molecule has 7 nitrogen and oxygen atoms in total. The van der Waals surface area contributed by atoms with Gasteiger partial charge in [0.2, 0.25) is 0 Å². The Morgan fingerprint density at radius 1 is 1.14 bits per heavy atom. The molecule has 0 bridgehead atoms. The number of rotatable bonds is 5. The molecule has 2 aromatic carbocycles. The quantitative estimate of drug-likeness (QED) is 0.693. The lowest BCUT2D eigenvalue weighted by molar-refractivity contribution is 0.102. The van der Waals surface area contributed by atoms with E-state index in [1.54, 1.807) is 30.3 Å². The fourth-order valence-electron chi connectivity index (χ4n) is 3.27. The van der Waals surface area contributed by atoms with Crippen LogP contribution in [-0.2, 0) is 22.3 Å². The summed E-state index contributed by atoms with van der Waals surface area (Å²) in [7, 11) is 1.88. The molecule has 3 aromatic rings. The van der Waals surface area contributed by atoms with Crippen molar-refractivity contribution < 1.29 is 22.9 Å². The Morgan fingerprint density at radius 2 is 1.90 bits per heavy atom. The van der Waals surface area contributed by atoms with Gasteiger partial charge in [-0.2, -0.15) is 5.10 Å². The number of fused-ring (bicyclic) bond motifs is 1. The summed E-state index contributed by atoms with van der Waals surface area (Å²) < 4.78 is 37.5. The summed E-state index contributed by atoms with van der Waals surface area (Å²) in [6.45, 7) is 0. The molecule has 1 atom stereocenters. The highest BCUT2D eigenvalue weighted by atomic mass is 32.2. The number of amides is 1. The Hall–Kier alpha value is -3.20. The second-order valence-corrected chi connectivity index (χ2v) is 7.84. The maximum Gasteiger partial charge on any atom is 0.260 e. The maximum absolute atomic E-state index is 13.3. The zero-order chi connectivity index (χ0) is 20.5. The van der Waals surface area contributed by atoms with Gasteiger partial charge < -0.3 is 14.8 Å². The van der Waals surface area contributed by atoms with Gasteiger partial charge in [-0.05, 0) is 36.4 Å². The summed E-state index contributed by atoms with van der Waals surface area (Å²) in [6, 6.07) is 10.8. The Morgan fingerprint density at radius 3 is 2.59 bits per heavy atom. The van der Waals surface area contributed by atoms with Gasteiger partial charge in [0.15, 0.2) is 11.5 Å². The number of anilines is 1. The Kier molecular flexibility index (Phi) is 5.06. The van der Waals surface area contributed by atoms with E-state index in [1.807, 2.05) is 0 Å². The van der Waals surface area contributed by atoms with Crippen molar-refractivity contribution in [2.45, 2.75) is 11.5 Å². The van der Waals surface area contributed by atoms with Crippen LogP contribution in [0.4, 0.5) is 10.2 Å². The van der Waals surface area contributed by atoms with Crippen LogP contribution in [0.5, 0.6) is 11.5 Å². The molecule has 150 valence electrons. The molecular formula is C20H18FN3O4S. The minimum absolute atomic E-state index is 0.284. The average molecular weight is 415 g/mol. The largest absolute Gasteiger partial charge is 0.493 e. The average Bonchev–Trinajstić information content (AvgIpc) is 3.24. The number of hydrogen-bond donors (Lipinski definition) is 1. The van der Waals surface area contributed by atoms with Crippen LogP contribution in [0.2, 0.25) is 0 Å². The van der Waals surface area contributed by atoms with Crippen LogP contribution in [0.3, 0.4) is 0 Å². The van der Waals surface area contributed by atoms with Crippen molar-refractivity contribution in [3.63, 3.8) is 0 Å². The maximum atomic E-state index is 13.3. The van der Waals surface area contributed by atoms with Crippen molar-refractivity contribution in [3.8, 4) is 17.2 Å². The van der Waals surface area contributed by atoms with E-state index >= 15 is 0 Å². The number of methoxy groups -OCH3 is 2. The van der Waals surface area contributed by atoms with E-state index in [1.165, 1.54) is 31.0 Å². The van der Waals surface area contributed by atoms with Crippen molar-refractivity contribution >= 4 is 22.5 Å². The number of benzene rings is 2. The molecule has 0 radical (unpaired) electrons. The molecular weight excluding hydrogens is 397 g/mol. The first kappa shape index (κ1) is 19.1. The van der Waals surface area contributed by atoms with Crippen molar-refractivity contribution in [1.82, 2.24) is 9.78 Å². The summed E-state index contributed by atoms with van der Waals surface area (Å²) in [4.78, 5) is 13.1. The third kappa shape index (κ3) is 3.49. The van der Waals surface area contributed by atoms with Gasteiger partial charge in [-0.15, -0.1) is 0 Å². The minimum Gasteiger partial charge on any atom is -0.493 e. The van der Waals surface area contributed by atoms with Gasteiger partial charge in [0.05, 0.1) is 42.7 Å². The SMILES string of the molecule is COc1cccc(C(=O)Nc2c3c(nn2-c2ccc(F)cc2)C[S@](=O)C3)c1OC. The molecule has 4 rings (SSSR count). The zero-order valence-corrected chi connectivity index (χ0v) is 16.6. The smallest absolute Gasteiger partial charge is 0.260 e. The Balaban J connectivity index is 1.76. The molecule has 0 fully saturated rings. The van der Waals surface area contributed by atoms with E-state index in [0.29, 0.717) is 45.8 Å². The van der Waals surface area contributed by atoms with Crippen LogP contribution < -0.4 is 14.8 Å². The molecule has 1 N–H and O–H groups in total. The standard InChI is InChI=1S/C20H18FN3O4S/c1-27-17-5-3-4-14(18(17)28-2)20(25)22-19-15-10-29(26)11-16(15)23-24(19)13-8-6-12(21)7-9-13/h3-9H,10-11H2,1-2H3,(H,22,25)/t29-/m1/s1. The zero-order valence-electron chi connectivity index (χ0n) is 15.8. The number of hydrogen-bond acceptors (Lipinski definition) is 5. The van der Waals surface area contributed by atoms with Crippen molar-refractivity contribution in [2.24, 2.45) is 0 Å². The molecule has 0 unspecified atom stereocenters. The number of nitrogens with one attached hydrogen (secondary N) is 1. The van der Waals surface area contributed by atoms with Crippen molar-refractivity contribution in [2.75, 3.05) is 19.5 Å². The first-order valence-electron chi connectivity index (χ1n) is 8.76. The molecule has 0 aliphatic carbocycles. The Bertz CT molecular complexity index is 1110. The molecule has 1 aromatic heterocycles. The number of carbonyl (C=O) groups is 1. The first-order valence-corrected chi connectivity index (χ1v) is 10.2. The Labute approximate surface area is 168 Å². The van der Waals surface area contributed by atoms with E-state index in [9.17, 15) is 13.4 Å². The summed E-state index contributed by atoms with van der Waals surface area (Å²) in [5.74, 6) is 0.952. The van der Waals surface area contributed by atoms with Crippen molar-refractivity contribution in [3.05, 3.63) is 65.1 Å². The van der Waals surface area contributed by atoms with E-state index in [0.717, 1.165) is 0 Å².